The molecule has 1 aromatic carbocycles. The molecule has 0 radical (unpaired) electrons. The summed E-state index contributed by atoms with van der Waals surface area (Å²) in [7, 11) is 1.96. The molecule has 0 fully saturated rings. The van der Waals surface area contributed by atoms with Crippen LogP contribution >= 0.6 is 0 Å². The van der Waals surface area contributed by atoms with Crippen LogP contribution in [-0.4, -0.2) is 7.05 Å². The number of hydrogen-bond acceptors (Lipinski definition) is 1. The fourth-order valence-corrected chi connectivity index (χ4v) is 2.60. The summed E-state index contributed by atoms with van der Waals surface area (Å²) in [4.78, 5) is 0. The quantitative estimate of drug-likeness (QED) is 0.753. The molecule has 1 aliphatic rings. The van der Waals surface area contributed by atoms with E-state index in [1.165, 1.54) is 22.3 Å². The zero-order valence-electron chi connectivity index (χ0n) is 10.5. The highest BCUT2D eigenvalue weighted by Crippen LogP contribution is 2.48. The first-order chi connectivity index (χ1) is 7.62. The lowest BCUT2D eigenvalue weighted by molar-refractivity contribution is 0.655. The second-order valence-electron chi connectivity index (χ2n) is 4.72. The fraction of sp³-hybridized carbons (Fsp3) is 0.333. The smallest absolute Gasteiger partial charge is 0.0172 e. The maximum Gasteiger partial charge on any atom is 0.0172 e. The highest BCUT2D eigenvalue weighted by atomic mass is 14.8. The zero-order valence-corrected chi connectivity index (χ0v) is 10.5. The first-order valence-corrected chi connectivity index (χ1v) is 5.77. The lowest BCUT2D eigenvalue weighted by atomic mass is 9.82. The summed E-state index contributed by atoms with van der Waals surface area (Å²) in [6.45, 7) is 6.67. The Labute approximate surface area is 97.9 Å². The molecule has 1 nitrogen and oxygen atoms in total. The molecular formula is C15H19N. The Balaban J connectivity index is 2.70. The molecule has 1 N–H and O–H groups in total. The number of fused-ring (bicyclic) bond motifs is 1. The van der Waals surface area contributed by atoms with Crippen LogP contribution < -0.4 is 5.32 Å². The third-order valence-corrected chi connectivity index (χ3v) is 3.43. The van der Waals surface area contributed by atoms with Crippen LogP contribution in [0.4, 0.5) is 0 Å². The summed E-state index contributed by atoms with van der Waals surface area (Å²) < 4.78 is 0. The summed E-state index contributed by atoms with van der Waals surface area (Å²) >= 11 is 0. The number of rotatable bonds is 1. The third-order valence-electron chi connectivity index (χ3n) is 3.43. The topological polar surface area (TPSA) is 12.0 Å². The van der Waals surface area contributed by atoms with Gasteiger partial charge in [0, 0.05) is 18.7 Å². The van der Waals surface area contributed by atoms with Crippen LogP contribution in [0, 0.1) is 0 Å². The van der Waals surface area contributed by atoms with Crippen molar-refractivity contribution >= 4 is 5.57 Å². The van der Waals surface area contributed by atoms with E-state index in [4.69, 9.17) is 0 Å². The largest absolute Gasteiger partial charge is 0.394 e. The molecule has 0 aliphatic heterocycles. The van der Waals surface area contributed by atoms with E-state index in [0.717, 1.165) is 0 Å². The minimum absolute atomic E-state index is 0.0987. The summed E-state index contributed by atoms with van der Waals surface area (Å²) in [6.07, 6.45) is 4.33. The standard InChI is InChI=1S/C15H19N/c1-5-11-12-8-6-7-9-13(12)15(2,3)14(11)10-16-4/h5-10,16H,1-4H3/b11-5?,14-10+. The normalized spacial score (nSPS) is 22.5. The number of allylic oxidation sites excluding steroid dienone is 3. The molecule has 0 unspecified atom stereocenters. The summed E-state index contributed by atoms with van der Waals surface area (Å²) in [5, 5.41) is 3.16. The Morgan fingerprint density at radius 2 is 1.88 bits per heavy atom. The highest BCUT2D eigenvalue weighted by molar-refractivity contribution is 5.89. The van der Waals surface area contributed by atoms with Gasteiger partial charge in [-0.15, -0.1) is 0 Å². The molecule has 0 bridgehead atoms. The first-order valence-electron chi connectivity index (χ1n) is 5.77. The molecule has 84 valence electrons. The van der Waals surface area contributed by atoms with Crippen molar-refractivity contribution in [3.05, 3.63) is 53.2 Å². The zero-order chi connectivity index (χ0) is 11.8. The predicted octanol–water partition coefficient (Wildman–Crippen LogP) is 3.48. The Morgan fingerprint density at radius 3 is 2.50 bits per heavy atom. The average molecular weight is 213 g/mol. The minimum Gasteiger partial charge on any atom is -0.394 e. The lowest BCUT2D eigenvalue weighted by Gasteiger charge is -2.21. The Bertz CT molecular complexity index is 464. The second-order valence-corrected chi connectivity index (χ2v) is 4.72. The summed E-state index contributed by atoms with van der Waals surface area (Å²) in [5.74, 6) is 0. The van der Waals surface area contributed by atoms with Crippen LogP contribution in [0.1, 0.15) is 31.9 Å². The van der Waals surface area contributed by atoms with Gasteiger partial charge in [-0.1, -0.05) is 44.2 Å². The molecule has 16 heavy (non-hydrogen) atoms. The molecule has 1 heteroatoms. The maximum atomic E-state index is 3.16. The molecule has 1 aromatic rings. The van der Waals surface area contributed by atoms with E-state index in [9.17, 15) is 0 Å². The van der Waals surface area contributed by atoms with Crippen LogP contribution in [0.2, 0.25) is 0 Å². The fourth-order valence-electron chi connectivity index (χ4n) is 2.60. The van der Waals surface area contributed by atoms with Crippen molar-refractivity contribution in [2.24, 2.45) is 0 Å². The van der Waals surface area contributed by atoms with Gasteiger partial charge >= 0.3 is 0 Å². The van der Waals surface area contributed by atoms with Crippen molar-refractivity contribution in [1.29, 1.82) is 0 Å². The van der Waals surface area contributed by atoms with Gasteiger partial charge in [0.25, 0.3) is 0 Å². The van der Waals surface area contributed by atoms with Gasteiger partial charge in [0.1, 0.15) is 0 Å². The second kappa shape index (κ2) is 3.82. The van der Waals surface area contributed by atoms with Gasteiger partial charge in [-0.05, 0) is 29.2 Å². The van der Waals surface area contributed by atoms with Gasteiger partial charge in [0.15, 0.2) is 0 Å². The number of nitrogens with one attached hydrogen (secondary N) is 1. The summed E-state index contributed by atoms with van der Waals surface area (Å²) in [6, 6.07) is 8.68. The monoisotopic (exact) mass is 213 g/mol. The van der Waals surface area contributed by atoms with E-state index in [0.29, 0.717) is 0 Å². The van der Waals surface area contributed by atoms with E-state index in [-0.39, 0.29) is 5.41 Å². The van der Waals surface area contributed by atoms with E-state index < -0.39 is 0 Å². The van der Waals surface area contributed by atoms with Crippen molar-refractivity contribution in [2.45, 2.75) is 26.2 Å². The van der Waals surface area contributed by atoms with Crippen molar-refractivity contribution < 1.29 is 0 Å². The Kier molecular flexibility index (Phi) is 2.63. The molecule has 0 amide bonds. The van der Waals surface area contributed by atoms with Crippen LogP contribution in [-0.2, 0) is 5.41 Å². The van der Waals surface area contributed by atoms with E-state index in [1.54, 1.807) is 0 Å². The highest BCUT2D eigenvalue weighted by Gasteiger charge is 2.37. The third kappa shape index (κ3) is 1.39. The Morgan fingerprint density at radius 1 is 1.19 bits per heavy atom. The van der Waals surface area contributed by atoms with Crippen LogP contribution in [0.3, 0.4) is 0 Å². The van der Waals surface area contributed by atoms with E-state index in [1.807, 2.05) is 7.05 Å². The number of benzene rings is 1. The average Bonchev–Trinajstić information content (AvgIpc) is 2.49. The molecule has 1 aliphatic carbocycles. The number of hydrogen-bond donors (Lipinski definition) is 1. The molecule has 0 heterocycles. The molecule has 0 aromatic heterocycles. The van der Waals surface area contributed by atoms with Gasteiger partial charge in [-0.2, -0.15) is 0 Å². The van der Waals surface area contributed by atoms with Crippen LogP contribution in [0.25, 0.3) is 5.57 Å². The SMILES string of the molecule is CC=C1/C(=C\NC)C(C)(C)c2ccccc21. The lowest BCUT2D eigenvalue weighted by Crippen LogP contribution is -2.16. The molecular weight excluding hydrogens is 194 g/mol. The molecule has 0 saturated heterocycles. The maximum absolute atomic E-state index is 3.16. The van der Waals surface area contributed by atoms with Gasteiger partial charge in [0.05, 0.1) is 0 Å². The molecule has 2 rings (SSSR count). The van der Waals surface area contributed by atoms with Gasteiger partial charge in [-0.25, -0.2) is 0 Å². The van der Waals surface area contributed by atoms with Gasteiger partial charge in [-0.3, -0.25) is 0 Å². The van der Waals surface area contributed by atoms with E-state index in [2.05, 4.69) is 62.6 Å². The van der Waals surface area contributed by atoms with Crippen LogP contribution in [0.15, 0.2) is 42.1 Å². The molecule has 0 saturated carbocycles. The van der Waals surface area contributed by atoms with Crippen molar-refractivity contribution in [2.75, 3.05) is 7.05 Å². The van der Waals surface area contributed by atoms with Crippen molar-refractivity contribution in [3.8, 4) is 0 Å². The van der Waals surface area contributed by atoms with Crippen LogP contribution in [0.5, 0.6) is 0 Å². The van der Waals surface area contributed by atoms with E-state index >= 15 is 0 Å². The molecule has 0 spiro atoms. The minimum atomic E-state index is 0.0987. The van der Waals surface area contributed by atoms with Gasteiger partial charge in [0.2, 0.25) is 0 Å². The molecule has 0 atom stereocenters. The Hall–Kier alpha value is -1.50. The predicted molar refractivity (Wildman–Crippen MR) is 70.3 cm³/mol. The summed E-state index contributed by atoms with van der Waals surface area (Å²) in [5.41, 5.74) is 5.62. The first kappa shape index (κ1) is 11.0. The van der Waals surface area contributed by atoms with Crippen molar-refractivity contribution in [3.63, 3.8) is 0 Å². The van der Waals surface area contributed by atoms with Gasteiger partial charge < -0.3 is 5.32 Å². The van der Waals surface area contributed by atoms with Crippen molar-refractivity contribution in [1.82, 2.24) is 5.32 Å².